The molecule has 0 saturated heterocycles. The second-order valence-electron chi connectivity index (χ2n) is 6.15. The number of ether oxygens (including phenoxy) is 1. The molecular formula is C21H19ClFNO3S. The van der Waals surface area contributed by atoms with Crippen LogP contribution in [0.2, 0.25) is 5.02 Å². The number of hydrogen-bond donors (Lipinski definition) is 0. The summed E-state index contributed by atoms with van der Waals surface area (Å²) in [6.07, 6.45) is 0. The van der Waals surface area contributed by atoms with Gasteiger partial charge in [0, 0.05) is 10.6 Å². The number of benzene rings is 3. The summed E-state index contributed by atoms with van der Waals surface area (Å²) in [6, 6.07) is 17.9. The standard InChI is InChI=1S/C21H19ClFNO3S/c1-15(20-5-3-4-6-21(20)27-2)24(18-11-7-16(22)8-12-18)28(25,26)19-13-9-17(23)10-14-19/h3-15H,1-2H3. The van der Waals surface area contributed by atoms with Gasteiger partial charge in [-0.3, -0.25) is 4.31 Å². The van der Waals surface area contributed by atoms with Crippen LogP contribution in [0.15, 0.2) is 77.7 Å². The number of para-hydroxylation sites is 1. The van der Waals surface area contributed by atoms with Gasteiger partial charge in [0.2, 0.25) is 0 Å². The van der Waals surface area contributed by atoms with Crippen molar-refractivity contribution in [3.63, 3.8) is 0 Å². The third-order valence-electron chi connectivity index (χ3n) is 4.39. The first-order chi connectivity index (χ1) is 13.3. The molecule has 0 radical (unpaired) electrons. The molecule has 0 aliphatic carbocycles. The fourth-order valence-electron chi connectivity index (χ4n) is 3.02. The number of hydrogen-bond acceptors (Lipinski definition) is 3. The molecule has 0 fully saturated rings. The van der Waals surface area contributed by atoms with Gasteiger partial charge in [-0.05, 0) is 61.5 Å². The first-order valence-corrected chi connectivity index (χ1v) is 10.3. The Hall–Kier alpha value is -2.57. The minimum atomic E-state index is -3.99. The first kappa shape index (κ1) is 20.2. The van der Waals surface area contributed by atoms with Crippen LogP contribution in [-0.4, -0.2) is 15.5 Å². The Morgan fingerprint density at radius 1 is 0.964 bits per heavy atom. The van der Waals surface area contributed by atoms with Gasteiger partial charge in [-0.1, -0.05) is 29.8 Å². The number of anilines is 1. The molecule has 0 aliphatic heterocycles. The van der Waals surface area contributed by atoms with Crippen molar-refractivity contribution >= 4 is 27.3 Å². The van der Waals surface area contributed by atoms with Gasteiger partial charge in [0.25, 0.3) is 10.0 Å². The first-order valence-electron chi connectivity index (χ1n) is 8.53. The van der Waals surface area contributed by atoms with E-state index in [9.17, 15) is 12.8 Å². The van der Waals surface area contributed by atoms with Crippen molar-refractivity contribution in [1.29, 1.82) is 0 Å². The Labute approximate surface area is 169 Å². The molecule has 0 amide bonds. The van der Waals surface area contributed by atoms with E-state index >= 15 is 0 Å². The van der Waals surface area contributed by atoms with Crippen molar-refractivity contribution in [2.24, 2.45) is 0 Å². The van der Waals surface area contributed by atoms with Gasteiger partial charge in [0.1, 0.15) is 11.6 Å². The quantitative estimate of drug-likeness (QED) is 0.534. The highest BCUT2D eigenvalue weighted by atomic mass is 35.5. The average Bonchev–Trinajstić information content (AvgIpc) is 2.69. The van der Waals surface area contributed by atoms with Crippen molar-refractivity contribution in [2.45, 2.75) is 17.9 Å². The van der Waals surface area contributed by atoms with Crippen LogP contribution in [0.3, 0.4) is 0 Å². The maximum absolute atomic E-state index is 13.5. The molecule has 3 aromatic carbocycles. The maximum Gasteiger partial charge on any atom is 0.264 e. The summed E-state index contributed by atoms with van der Waals surface area (Å²) in [5.41, 5.74) is 1.14. The van der Waals surface area contributed by atoms with Crippen molar-refractivity contribution in [2.75, 3.05) is 11.4 Å². The molecule has 7 heteroatoms. The van der Waals surface area contributed by atoms with E-state index in [4.69, 9.17) is 16.3 Å². The molecule has 0 spiro atoms. The molecule has 28 heavy (non-hydrogen) atoms. The van der Waals surface area contributed by atoms with Crippen LogP contribution in [-0.2, 0) is 10.0 Å². The van der Waals surface area contributed by atoms with Gasteiger partial charge in [0.05, 0.1) is 23.7 Å². The summed E-state index contributed by atoms with van der Waals surface area (Å²) in [7, 11) is -2.45. The van der Waals surface area contributed by atoms with Gasteiger partial charge >= 0.3 is 0 Å². The Bertz CT molecular complexity index is 1050. The summed E-state index contributed by atoms with van der Waals surface area (Å²) in [5, 5.41) is 0.493. The van der Waals surface area contributed by atoms with Crippen LogP contribution in [0.5, 0.6) is 5.75 Å². The summed E-state index contributed by atoms with van der Waals surface area (Å²) in [4.78, 5) is -0.00871. The third kappa shape index (κ3) is 3.98. The lowest BCUT2D eigenvalue weighted by Crippen LogP contribution is -2.34. The summed E-state index contributed by atoms with van der Waals surface area (Å²) in [5.74, 6) is 0.0676. The molecular weight excluding hydrogens is 401 g/mol. The average molecular weight is 420 g/mol. The molecule has 0 bridgehead atoms. The molecule has 1 unspecified atom stereocenters. The number of methoxy groups -OCH3 is 1. The Balaban J connectivity index is 2.17. The third-order valence-corrected chi connectivity index (χ3v) is 6.56. The van der Waals surface area contributed by atoms with Gasteiger partial charge in [-0.2, -0.15) is 0 Å². The number of rotatable bonds is 6. The SMILES string of the molecule is COc1ccccc1C(C)N(c1ccc(Cl)cc1)S(=O)(=O)c1ccc(F)cc1. The van der Waals surface area contributed by atoms with Crippen LogP contribution in [0.1, 0.15) is 18.5 Å². The zero-order chi connectivity index (χ0) is 20.3. The smallest absolute Gasteiger partial charge is 0.264 e. The van der Waals surface area contributed by atoms with Crippen LogP contribution >= 0.6 is 11.6 Å². The highest BCUT2D eigenvalue weighted by Crippen LogP contribution is 2.37. The number of nitrogens with zero attached hydrogens (tertiary/aromatic N) is 1. The normalized spacial score (nSPS) is 12.4. The highest BCUT2D eigenvalue weighted by molar-refractivity contribution is 7.92. The Morgan fingerprint density at radius 2 is 1.57 bits per heavy atom. The van der Waals surface area contributed by atoms with Crippen LogP contribution in [0.25, 0.3) is 0 Å². The van der Waals surface area contributed by atoms with Gasteiger partial charge in [-0.15, -0.1) is 0 Å². The topological polar surface area (TPSA) is 46.6 Å². The number of sulfonamides is 1. The molecule has 1 atom stereocenters. The predicted molar refractivity (Wildman–Crippen MR) is 109 cm³/mol. The lowest BCUT2D eigenvalue weighted by atomic mass is 10.1. The molecule has 0 aromatic heterocycles. The monoisotopic (exact) mass is 419 g/mol. The molecule has 0 aliphatic rings. The second kappa shape index (κ2) is 8.20. The van der Waals surface area contributed by atoms with E-state index in [-0.39, 0.29) is 4.90 Å². The molecule has 0 N–H and O–H groups in total. The van der Waals surface area contributed by atoms with E-state index in [0.717, 1.165) is 12.1 Å². The van der Waals surface area contributed by atoms with Gasteiger partial charge in [-0.25, -0.2) is 12.8 Å². The van der Waals surface area contributed by atoms with E-state index in [2.05, 4.69) is 0 Å². The van der Waals surface area contributed by atoms with Crippen LogP contribution in [0, 0.1) is 5.82 Å². The summed E-state index contributed by atoms with van der Waals surface area (Å²) in [6.45, 7) is 1.77. The maximum atomic E-state index is 13.5. The lowest BCUT2D eigenvalue weighted by molar-refractivity contribution is 0.407. The zero-order valence-corrected chi connectivity index (χ0v) is 16.9. The Morgan fingerprint density at radius 3 is 2.18 bits per heavy atom. The summed E-state index contributed by atoms with van der Waals surface area (Å²) >= 11 is 5.98. The van der Waals surface area contributed by atoms with Crippen LogP contribution in [0.4, 0.5) is 10.1 Å². The van der Waals surface area contributed by atoms with Crippen LogP contribution < -0.4 is 9.04 Å². The van der Waals surface area contributed by atoms with E-state index in [1.165, 1.54) is 23.5 Å². The summed E-state index contributed by atoms with van der Waals surface area (Å²) < 4.78 is 47.0. The molecule has 0 saturated carbocycles. The van der Waals surface area contributed by atoms with Crippen molar-refractivity contribution in [1.82, 2.24) is 0 Å². The second-order valence-corrected chi connectivity index (χ2v) is 8.40. The number of halogens is 2. The van der Waals surface area contributed by atoms with Gasteiger partial charge in [0.15, 0.2) is 0 Å². The van der Waals surface area contributed by atoms with Crippen molar-refractivity contribution in [3.8, 4) is 5.75 Å². The van der Waals surface area contributed by atoms with Crippen molar-refractivity contribution in [3.05, 3.63) is 89.2 Å². The predicted octanol–water partition coefficient (Wildman–Crippen LogP) is 5.44. The zero-order valence-electron chi connectivity index (χ0n) is 15.3. The highest BCUT2D eigenvalue weighted by Gasteiger charge is 2.31. The largest absolute Gasteiger partial charge is 0.496 e. The van der Waals surface area contributed by atoms with E-state index < -0.39 is 21.9 Å². The lowest BCUT2D eigenvalue weighted by Gasteiger charge is -2.31. The van der Waals surface area contributed by atoms with E-state index in [1.807, 2.05) is 18.2 Å². The minimum Gasteiger partial charge on any atom is -0.496 e. The molecule has 3 rings (SSSR count). The molecule has 4 nitrogen and oxygen atoms in total. The van der Waals surface area contributed by atoms with E-state index in [0.29, 0.717) is 22.0 Å². The fourth-order valence-corrected chi connectivity index (χ4v) is 4.78. The molecule has 146 valence electrons. The minimum absolute atomic E-state index is 0.00871. The molecule has 3 aromatic rings. The van der Waals surface area contributed by atoms with Crippen molar-refractivity contribution < 1.29 is 17.5 Å². The Kier molecular flexibility index (Phi) is 5.91. The van der Waals surface area contributed by atoms with E-state index in [1.54, 1.807) is 37.3 Å². The fraction of sp³-hybridized carbons (Fsp3) is 0.143. The van der Waals surface area contributed by atoms with Gasteiger partial charge < -0.3 is 4.74 Å². The molecule has 0 heterocycles.